The standard InChI is InChI=1S/BH5NP.Mg.2H/c1-2-3;;;/h2H,1,3H2;;;. The van der Waals surface area contributed by atoms with Crippen LogP contribution < -0.4 is 5.00 Å². The van der Waals surface area contributed by atoms with Gasteiger partial charge in [-0.1, -0.05) is 9.39 Å². The first-order valence-corrected chi connectivity index (χ1v) is 1.37. The molecule has 0 fully saturated rings. The monoisotopic (exact) mass is 87.0 g/mol. The van der Waals surface area contributed by atoms with E-state index in [-0.39, 0.29) is 23.1 Å². The lowest BCUT2D eigenvalue weighted by Gasteiger charge is -1.58. The van der Waals surface area contributed by atoms with Crippen molar-refractivity contribution >= 4 is 40.4 Å². The van der Waals surface area contributed by atoms with Crippen molar-refractivity contribution in [3.05, 3.63) is 0 Å². The van der Waals surface area contributed by atoms with Crippen LogP contribution in [0.1, 0.15) is 0 Å². The zero-order valence-electron chi connectivity index (χ0n) is 2.08. The lowest BCUT2D eigenvalue weighted by molar-refractivity contribution is 1.73. The Labute approximate surface area is 45.8 Å². The average Bonchev–Trinajstić information content (AvgIpc) is 0.918. The zero-order chi connectivity index (χ0) is 2.71. The minimum absolute atomic E-state index is 0. The summed E-state index contributed by atoms with van der Waals surface area (Å²) in [5.41, 5.74) is 0. The normalized spacial score (nSPS) is 4.25. The second-order valence-electron chi connectivity index (χ2n) is 0.289. The molecule has 1 N–H and O–H groups in total. The lowest BCUT2D eigenvalue weighted by atomic mass is 10.5. The predicted molar refractivity (Wildman–Crippen MR) is 29.9 cm³/mol. The maximum atomic E-state index is 2.67. The van der Waals surface area contributed by atoms with Crippen LogP contribution in [0.4, 0.5) is 0 Å². The van der Waals surface area contributed by atoms with Crippen LogP contribution in [-0.2, 0) is 0 Å². The van der Waals surface area contributed by atoms with Crippen molar-refractivity contribution in [2.75, 3.05) is 0 Å². The molecule has 4 heteroatoms. The number of nitrogens with one attached hydrogen (secondary N) is 1. The summed E-state index contributed by atoms with van der Waals surface area (Å²) in [5, 5.41) is 0. The van der Waals surface area contributed by atoms with E-state index in [9.17, 15) is 0 Å². The van der Waals surface area contributed by atoms with Gasteiger partial charge < -0.3 is 5.00 Å². The number of hydrogen-bond acceptors (Lipinski definition) is 1. The van der Waals surface area contributed by atoms with E-state index in [0.717, 1.165) is 0 Å². The molecule has 1 unspecified atom stereocenters. The molecule has 0 saturated carbocycles. The molecule has 0 aliphatic rings. The molecule has 22 valence electrons. The Balaban J connectivity index is 0. The van der Waals surface area contributed by atoms with Crippen LogP contribution in [0.25, 0.3) is 0 Å². The predicted octanol–water partition coefficient (Wildman–Crippen LogP) is -2.00. The summed E-state index contributed by atoms with van der Waals surface area (Å²) < 4.78 is 0. The molecular weight excluding hydrogens is 80.1 g/mol. The molecule has 0 saturated heterocycles. The van der Waals surface area contributed by atoms with Gasteiger partial charge in [-0.05, 0) is 0 Å². The summed E-state index contributed by atoms with van der Waals surface area (Å²) in [7, 11) is 4.17. The van der Waals surface area contributed by atoms with Gasteiger partial charge in [-0.25, -0.2) is 0 Å². The second-order valence-corrected chi connectivity index (χ2v) is 0.866. The van der Waals surface area contributed by atoms with Gasteiger partial charge in [0.1, 0.15) is 0 Å². The Morgan fingerprint density at radius 1 is 1.75 bits per heavy atom. The van der Waals surface area contributed by atoms with Crippen LogP contribution in [0.3, 0.4) is 0 Å². The highest BCUT2D eigenvalue weighted by Crippen LogP contribution is 1.47. The molecule has 0 amide bonds. The van der Waals surface area contributed by atoms with Crippen LogP contribution in [0.5, 0.6) is 0 Å². The van der Waals surface area contributed by atoms with Crippen LogP contribution in [0.2, 0.25) is 0 Å². The fourth-order valence-corrected chi connectivity index (χ4v) is 0. The molecule has 4 heavy (non-hydrogen) atoms. The lowest BCUT2D eigenvalue weighted by Crippen LogP contribution is -1.79. The molecule has 0 aliphatic carbocycles. The Morgan fingerprint density at radius 3 is 1.75 bits per heavy atom. The maximum absolute atomic E-state index is 2.67. The van der Waals surface area contributed by atoms with Gasteiger partial charge in [0, 0.05) is 0 Å². The van der Waals surface area contributed by atoms with E-state index in [1.807, 2.05) is 7.98 Å². The molecule has 1 atom stereocenters. The second kappa shape index (κ2) is 8.88. The van der Waals surface area contributed by atoms with Gasteiger partial charge in [0.05, 0.1) is 0 Å². The van der Waals surface area contributed by atoms with Crippen molar-refractivity contribution < 1.29 is 0 Å². The molecule has 0 aromatic rings. The number of rotatable bonds is 0. The third-order valence-electron chi connectivity index (χ3n) is 0. The van der Waals surface area contributed by atoms with Gasteiger partial charge in [0.15, 0.2) is 7.98 Å². The smallest absolute Gasteiger partial charge is 0.316 e. The topological polar surface area (TPSA) is 12.0 Å². The van der Waals surface area contributed by atoms with Gasteiger partial charge in [0.2, 0.25) is 0 Å². The highest BCUT2D eigenvalue weighted by molar-refractivity contribution is 7.15. The summed E-state index contributed by atoms with van der Waals surface area (Å²) in [4.78, 5) is 2.67. The van der Waals surface area contributed by atoms with E-state index >= 15 is 0 Å². The first-order chi connectivity index (χ1) is 1.41. The van der Waals surface area contributed by atoms with Gasteiger partial charge in [-0.3, -0.25) is 0 Å². The van der Waals surface area contributed by atoms with E-state index in [2.05, 4.69) is 14.4 Å². The van der Waals surface area contributed by atoms with Crippen molar-refractivity contribution in [3.63, 3.8) is 0 Å². The van der Waals surface area contributed by atoms with Crippen molar-refractivity contribution in [3.8, 4) is 0 Å². The van der Waals surface area contributed by atoms with Gasteiger partial charge in [-0.15, -0.1) is 0 Å². The Bertz CT molecular complexity index is 8.00. The van der Waals surface area contributed by atoms with Gasteiger partial charge in [0.25, 0.3) is 0 Å². The fraction of sp³-hybridized carbons (Fsp3) is 0. The first kappa shape index (κ1) is 8.97. The SMILES string of the molecule is BNP.[MgH2]. The molecule has 0 radical (unpaired) electrons. The van der Waals surface area contributed by atoms with Crippen molar-refractivity contribution in [1.29, 1.82) is 0 Å². The van der Waals surface area contributed by atoms with E-state index < -0.39 is 0 Å². The minimum Gasteiger partial charge on any atom is -0.346 e. The molecule has 0 bridgehead atoms. The van der Waals surface area contributed by atoms with Gasteiger partial charge in [-0.2, -0.15) is 0 Å². The fourth-order valence-electron chi connectivity index (χ4n) is 0. The van der Waals surface area contributed by atoms with Crippen molar-refractivity contribution in [1.82, 2.24) is 5.00 Å². The van der Waals surface area contributed by atoms with Crippen molar-refractivity contribution in [2.24, 2.45) is 0 Å². The van der Waals surface area contributed by atoms with E-state index in [1.54, 1.807) is 0 Å². The first-order valence-electron chi connectivity index (χ1n) is 0.789. The summed E-state index contributed by atoms with van der Waals surface area (Å²) in [6, 6.07) is 0. The number of hydrogen-bond donors (Lipinski definition) is 1. The van der Waals surface area contributed by atoms with Crippen LogP contribution in [0.15, 0.2) is 0 Å². The average molecular weight is 87.2 g/mol. The van der Waals surface area contributed by atoms with Crippen molar-refractivity contribution in [2.45, 2.75) is 0 Å². The highest BCUT2D eigenvalue weighted by atomic mass is 31.0. The summed E-state index contributed by atoms with van der Waals surface area (Å²) in [6.07, 6.45) is 0. The van der Waals surface area contributed by atoms with Gasteiger partial charge >= 0.3 is 23.1 Å². The molecule has 0 aromatic carbocycles. The van der Waals surface area contributed by atoms with E-state index in [1.165, 1.54) is 0 Å². The largest absolute Gasteiger partial charge is 0.346 e. The quantitative estimate of drug-likeness (QED) is 0.266. The van der Waals surface area contributed by atoms with Crippen LogP contribution in [0, 0.1) is 0 Å². The molecule has 0 rings (SSSR count). The zero-order valence-corrected chi connectivity index (χ0v) is 3.23. The van der Waals surface area contributed by atoms with Crippen LogP contribution >= 0.6 is 9.39 Å². The summed E-state index contributed by atoms with van der Waals surface area (Å²) in [6.45, 7) is 0. The van der Waals surface area contributed by atoms with E-state index in [0.29, 0.717) is 0 Å². The third kappa shape index (κ3) is 10.7. The molecule has 0 spiro atoms. The highest BCUT2D eigenvalue weighted by Gasteiger charge is 1.29. The summed E-state index contributed by atoms with van der Waals surface area (Å²) in [5.74, 6) is 0. The summed E-state index contributed by atoms with van der Waals surface area (Å²) >= 11 is 0. The van der Waals surface area contributed by atoms with Crippen LogP contribution in [-0.4, -0.2) is 31.0 Å². The Hall–Kier alpha value is 1.22. The molecule has 0 heterocycles. The maximum Gasteiger partial charge on any atom is 0.316 e. The minimum atomic E-state index is 0. The molecule has 0 aromatic heterocycles. The Morgan fingerprint density at radius 2 is 1.75 bits per heavy atom. The molecule has 0 aliphatic heterocycles. The Kier molecular flexibility index (Phi) is 19.9. The molecular formula is H7BMgNP. The van der Waals surface area contributed by atoms with E-state index in [4.69, 9.17) is 0 Å². The third-order valence-corrected chi connectivity index (χ3v) is 0. The molecule has 1 nitrogen and oxygen atoms in total.